The molecule has 0 saturated carbocycles. The Kier molecular flexibility index (Phi) is 25.9. The van der Waals surface area contributed by atoms with Crippen molar-refractivity contribution in [2.24, 2.45) is 0 Å². The highest BCUT2D eigenvalue weighted by atomic mass is 16.5. The first-order valence-corrected chi connectivity index (χ1v) is 10.5. The van der Waals surface area contributed by atoms with Crippen LogP contribution in [0.5, 0.6) is 0 Å². The molecule has 0 radical (unpaired) electrons. The molecule has 0 aliphatic carbocycles. The Bertz CT molecular complexity index is 248. The van der Waals surface area contributed by atoms with E-state index in [2.05, 4.69) is 27.4 Å². The van der Waals surface area contributed by atoms with Crippen LogP contribution >= 0.6 is 0 Å². The first-order valence-electron chi connectivity index (χ1n) is 10.5. The lowest BCUT2D eigenvalue weighted by Crippen LogP contribution is -2.05. The minimum Gasteiger partial charge on any atom is -0.466 e. The van der Waals surface area contributed by atoms with Crippen LogP contribution in [0, 0.1) is 0 Å². The Morgan fingerprint density at radius 2 is 1.25 bits per heavy atom. The van der Waals surface area contributed by atoms with E-state index in [4.69, 9.17) is 4.74 Å². The maximum absolute atomic E-state index is 11.1. The first-order chi connectivity index (χ1) is 11.7. The number of ether oxygens (including phenoxy) is 1. The Morgan fingerprint density at radius 3 is 1.79 bits per heavy atom. The molecule has 0 amide bonds. The average molecular weight is 341 g/mol. The van der Waals surface area contributed by atoms with Crippen molar-refractivity contribution in [1.29, 1.82) is 0 Å². The summed E-state index contributed by atoms with van der Waals surface area (Å²) in [6, 6.07) is 0. The predicted octanol–water partition coefficient (Wildman–Crippen LogP) is 7.61. The molecule has 0 fully saturated rings. The standard InChI is InChI=1S/C12H24O2.C10H20/c1-3-5-7-8-9-10-12(13)14-11-6-4-2;1-3-5-7-9-10-8-6-4-2/h3-11H2,1-2H3;3H,1,4-10H2,2H3. The van der Waals surface area contributed by atoms with Crippen molar-refractivity contribution in [1.82, 2.24) is 0 Å². The van der Waals surface area contributed by atoms with Crippen molar-refractivity contribution in [3.05, 3.63) is 12.7 Å². The molecule has 0 atom stereocenters. The van der Waals surface area contributed by atoms with Crippen LogP contribution in [0.2, 0.25) is 0 Å². The predicted molar refractivity (Wildman–Crippen MR) is 107 cm³/mol. The highest BCUT2D eigenvalue weighted by Gasteiger charge is 2.01. The van der Waals surface area contributed by atoms with Crippen LogP contribution in [0.25, 0.3) is 0 Å². The van der Waals surface area contributed by atoms with Crippen LogP contribution < -0.4 is 0 Å². The van der Waals surface area contributed by atoms with Gasteiger partial charge in [-0.25, -0.2) is 0 Å². The van der Waals surface area contributed by atoms with Gasteiger partial charge in [0.2, 0.25) is 0 Å². The molecule has 0 saturated heterocycles. The molecule has 0 spiro atoms. The summed E-state index contributed by atoms with van der Waals surface area (Å²) in [5, 5.41) is 0. The quantitative estimate of drug-likeness (QED) is 0.164. The normalized spacial score (nSPS) is 9.96. The monoisotopic (exact) mass is 340 g/mol. The number of carbonyl (C=O) groups excluding carboxylic acids is 1. The summed E-state index contributed by atoms with van der Waals surface area (Å²) in [4.78, 5) is 11.1. The van der Waals surface area contributed by atoms with Gasteiger partial charge in [0.25, 0.3) is 0 Å². The summed E-state index contributed by atoms with van der Waals surface area (Å²) in [6.07, 6.45) is 20.2. The number of hydrogen-bond donors (Lipinski definition) is 0. The van der Waals surface area contributed by atoms with E-state index in [0.29, 0.717) is 13.0 Å². The molecule has 2 nitrogen and oxygen atoms in total. The van der Waals surface area contributed by atoms with Crippen molar-refractivity contribution in [3.8, 4) is 0 Å². The molecule has 0 bridgehead atoms. The van der Waals surface area contributed by atoms with Gasteiger partial charge in [0.05, 0.1) is 6.61 Å². The minimum absolute atomic E-state index is 0.0186. The summed E-state index contributed by atoms with van der Waals surface area (Å²) >= 11 is 0. The van der Waals surface area contributed by atoms with Gasteiger partial charge in [-0.1, -0.05) is 91.1 Å². The molecular formula is C22H44O2. The van der Waals surface area contributed by atoms with E-state index >= 15 is 0 Å². The number of hydrogen-bond acceptors (Lipinski definition) is 2. The van der Waals surface area contributed by atoms with Crippen molar-refractivity contribution in [2.75, 3.05) is 6.61 Å². The Hall–Kier alpha value is -0.790. The number of carbonyl (C=O) groups is 1. The molecule has 24 heavy (non-hydrogen) atoms. The number of rotatable bonds is 16. The van der Waals surface area contributed by atoms with E-state index < -0.39 is 0 Å². The minimum atomic E-state index is -0.0186. The number of unbranched alkanes of at least 4 members (excludes halogenated alkanes) is 11. The van der Waals surface area contributed by atoms with Gasteiger partial charge < -0.3 is 4.74 Å². The van der Waals surface area contributed by atoms with Gasteiger partial charge in [-0.15, -0.1) is 6.58 Å². The lowest BCUT2D eigenvalue weighted by molar-refractivity contribution is -0.143. The topological polar surface area (TPSA) is 26.3 Å². The first kappa shape index (κ1) is 25.5. The maximum Gasteiger partial charge on any atom is 0.305 e. The SMILES string of the molecule is C=CCCCCCCCC.CCCCCCCC(=O)OCCCC. The second kappa shape index (κ2) is 24.5. The number of esters is 1. The van der Waals surface area contributed by atoms with Gasteiger partial charge in [0, 0.05) is 6.42 Å². The fourth-order valence-electron chi connectivity index (χ4n) is 2.34. The molecule has 0 heterocycles. The van der Waals surface area contributed by atoms with Gasteiger partial charge in [-0.2, -0.15) is 0 Å². The van der Waals surface area contributed by atoms with Gasteiger partial charge in [0.15, 0.2) is 0 Å². The molecule has 0 unspecified atom stereocenters. The van der Waals surface area contributed by atoms with Gasteiger partial charge >= 0.3 is 5.97 Å². The van der Waals surface area contributed by atoms with Gasteiger partial charge in [-0.05, 0) is 25.7 Å². The van der Waals surface area contributed by atoms with Crippen LogP contribution in [0.3, 0.4) is 0 Å². The average Bonchev–Trinajstić information content (AvgIpc) is 2.59. The van der Waals surface area contributed by atoms with E-state index in [-0.39, 0.29) is 5.97 Å². The van der Waals surface area contributed by atoms with Crippen molar-refractivity contribution >= 4 is 5.97 Å². The highest BCUT2D eigenvalue weighted by Crippen LogP contribution is 2.07. The molecule has 0 aromatic carbocycles. The summed E-state index contributed by atoms with van der Waals surface area (Å²) in [6.45, 7) is 10.8. The van der Waals surface area contributed by atoms with Gasteiger partial charge in [0.1, 0.15) is 0 Å². The fraction of sp³-hybridized carbons (Fsp3) is 0.864. The second-order valence-electron chi connectivity index (χ2n) is 6.58. The van der Waals surface area contributed by atoms with E-state index in [1.807, 2.05) is 6.08 Å². The van der Waals surface area contributed by atoms with Crippen LogP contribution in [0.1, 0.15) is 117 Å². The zero-order valence-corrected chi connectivity index (χ0v) is 16.9. The summed E-state index contributed by atoms with van der Waals surface area (Å²) < 4.78 is 5.05. The van der Waals surface area contributed by atoms with Crippen LogP contribution in [-0.2, 0) is 9.53 Å². The molecule has 0 N–H and O–H groups in total. The molecule has 0 aromatic heterocycles. The third-order valence-corrected chi connectivity index (χ3v) is 4.01. The highest BCUT2D eigenvalue weighted by molar-refractivity contribution is 5.69. The zero-order valence-electron chi connectivity index (χ0n) is 16.9. The Balaban J connectivity index is 0. The van der Waals surface area contributed by atoms with E-state index in [1.165, 1.54) is 64.2 Å². The van der Waals surface area contributed by atoms with E-state index in [9.17, 15) is 4.79 Å². The third-order valence-electron chi connectivity index (χ3n) is 4.01. The smallest absolute Gasteiger partial charge is 0.305 e. The van der Waals surface area contributed by atoms with E-state index in [0.717, 1.165) is 25.7 Å². The Labute approximate surface area is 152 Å². The van der Waals surface area contributed by atoms with Gasteiger partial charge in [-0.3, -0.25) is 4.79 Å². The molecule has 0 aliphatic heterocycles. The largest absolute Gasteiger partial charge is 0.466 e. The van der Waals surface area contributed by atoms with E-state index in [1.54, 1.807) is 0 Å². The molecule has 0 rings (SSSR count). The molecule has 0 aliphatic rings. The number of allylic oxidation sites excluding steroid dienone is 1. The van der Waals surface area contributed by atoms with Crippen molar-refractivity contribution in [3.63, 3.8) is 0 Å². The molecule has 0 aromatic rings. The zero-order chi connectivity index (χ0) is 18.3. The third kappa shape index (κ3) is 26.1. The summed E-state index contributed by atoms with van der Waals surface area (Å²) in [7, 11) is 0. The fourth-order valence-corrected chi connectivity index (χ4v) is 2.34. The second-order valence-corrected chi connectivity index (χ2v) is 6.58. The summed E-state index contributed by atoms with van der Waals surface area (Å²) in [5.74, 6) is -0.0186. The van der Waals surface area contributed by atoms with Crippen LogP contribution in [0.15, 0.2) is 12.7 Å². The van der Waals surface area contributed by atoms with Crippen LogP contribution in [0.4, 0.5) is 0 Å². The van der Waals surface area contributed by atoms with Crippen molar-refractivity contribution in [2.45, 2.75) is 117 Å². The maximum atomic E-state index is 11.1. The lowest BCUT2D eigenvalue weighted by atomic mass is 10.1. The molecular weight excluding hydrogens is 296 g/mol. The van der Waals surface area contributed by atoms with Crippen molar-refractivity contribution < 1.29 is 9.53 Å². The van der Waals surface area contributed by atoms with Crippen LogP contribution in [-0.4, -0.2) is 12.6 Å². The molecule has 144 valence electrons. The molecule has 2 heteroatoms. The summed E-state index contributed by atoms with van der Waals surface area (Å²) in [5.41, 5.74) is 0. The Morgan fingerprint density at radius 1 is 0.750 bits per heavy atom. The lowest BCUT2D eigenvalue weighted by Gasteiger charge is -2.03.